The minimum atomic E-state index is -0.254. The van der Waals surface area contributed by atoms with Gasteiger partial charge in [0.1, 0.15) is 5.82 Å². The Morgan fingerprint density at radius 1 is 1.36 bits per heavy atom. The van der Waals surface area contributed by atoms with Crippen molar-refractivity contribution >= 4 is 5.69 Å². The summed E-state index contributed by atoms with van der Waals surface area (Å²) in [6.45, 7) is 3.53. The third-order valence-electron chi connectivity index (χ3n) is 1.55. The van der Waals surface area contributed by atoms with Gasteiger partial charge < -0.3 is 4.90 Å². The molecule has 1 rings (SSSR count). The molecule has 0 fully saturated rings. The highest BCUT2D eigenvalue weighted by atomic mass is 19.1. The van der Waals surface area contributed by atoms with E-state index in [1.54, 1.807) is 6.07 Å². The molecule has 59 valence electrons. The number of nitrogens with zero attached hydrogens (tertiary/aromatic N) is 1. The van der Waals surface area contributed by atoms with E-state index in [1.807, 2.05) is 25.1 Å². The lowest BCUT2D eigenvalue weighted by Crippen LogP contribution is -2.08. The Kier molecular flexibility index (Phi) is 2.13. The summed E-state index contributed by atoms with van der Waals surface area (Å²) in [7, 11) is 3.75. The van der Waals surface area contributed by atoms with Gasteiger partial charge >= 0.3 is 0 Å². The van der Waals surface area contributed by atoms with Crippen LogP contribution in [0.5, 0.6) is 0 Å². The lowest BCUT2D eigenvalue weighted by Gasteiger charge is -2.12. The van der Waals surface area contributed by atoms with Crippen LogP contribution in [-0.4, -0.2) is 14.1 Å². The number of hydrogen-bond acceptors (Lipinski definition) is 1. The van der Waals surface area contributed by atoms with E-state index < -0.39 is 0 Å². The maximum Gasteiger partial charge on any atom is 0.128 e. The second kappa shape index (κ2) is 2.91. The summed E-state index contributed by atoms with van der Waals surface area (Å²) in [5.41, 5.74) is 1.30. The van der Waals surface area contributed by atoms with Gasteiger partial charge in [-0.2, -0.15) is 0 Å². The Morgan fingerprint density at radius 2 is 2.00 bits per heavy atom. The lowest BCUT2D eigenvalue weighted by molar-refractivity contribution is 0.622. The van der Waals surface area contributed by atoms with Crippen LogP contribution in [-0.2, 0) is 0 Å². The summed E-state index contributed by atoms with van der Waals surface area (Å²) in [6.07, 6.45) is 0. The maximum absolute atomic E-state index is 12.9. The Bertz CT molecular complexity index is 256. The molecular formula is C9H11FN. The Hall–Kier alpha value is -1.05. The van der Waals surface area contributed by atoms with E-state index in [2.05, 4.69) is 6.92 Å². The SMILES string of the molecule is [CH2]c1ccc(N(C)C)cc1F. The molecule has 0 aromatic heterocycles. The van der Waals surface area contributed by atoms with E-state index >= 15 is 0 Å². The largest absolute Gasteiger partial charge is 0.378 e. The first-order chi connectivity index (χ1) is 5.11. The van der Waals surface area contributed by atoms with Gasteiger partial charge in [0.15, 0.2) is 0 Å². The zero-order valence-electron chi connectivity index (χ0n) is 6.76. The summed E-state index contributed by atoms with van der Waals surface area (Å²) in [6, 6.07) is 4.98. The first-order valence-electron chi connectivity index (χ1n) is 3.40. The summed E-state index contributed by atoms with van der Waals surface area (Å²) in [5.74, 6) is -0.254. The second-order valence-corrected chi connectivity index (χ2v) is 2.67. The van der Waals surface area contributed by atoms with E-state index in [9.17, 15) is 4.39 Å². The van der Waals surface area contributed by atoms with Crippen LogP contribution in [0.1, 0.15) is 5.56 Å². The Morgan fingerprint density at radius 3 is 2.45 bits per heavy atom. The number of hydrogen-bond donors (Lipinski definition) is 0. The highest BCUT2D eigenvalue weighted by molar-refractivity contribution is 5.47. The zero-order valence-corrected chi connectivity index (χ0v) is 6.76. The van der Waals surface area contributed by atoms with E-state index in [4.69, 9.17) is 0 Å². The van der Waals surface area contributed by atoms with Crippen LogP contribution >= 0.6 is 0 Å². The Labute approximate surface area is 66.5 Å². The first kappa shape index (κ1) is 8.05. The van der Waals surface area contributed by atoms with Gasteiger partial charge in [0, 0.05) is 19.8 Å². The molecule has 0 bridgehead atoms. The van der Waals surface area contributed by atoms with Crippen LogP contribution in [0.25, 0.3) is 0 Å². The molecular weight excluding hydrogens is 141 g/mol. The van der Waals surface area contributed by atoms with Crippen molar-refractivity contribution in [3.05, 3.63) is 36.5 Å². The average Bonchev–Trinajstić information content (AvgIpc) is 1.94. The first-order valence-corrected chi connectivity index (χ1v) is 3.40. The summed E-state index contributed by atoms with van der Waals surface area (Å²) in [5, 5.41) is 0. The van der Waals surface area contributed by atoms with Crippen molar-refractivity contribution < 1.29 is 4.39 Å². The quantitative estimate of drug-likeness (QED) is 0.595. The molecule has 0 aliphatic rings. The number of anilines is 1. The molecule has 2 heteroatoms. The molecule has 0 aliphatic heterocycles. The number of halogens is 1. The maximum atomic E-state index is 12.9. The normalized spacial score (nSPS) is 9.82. The molecule has 0 saturated carbocycles. The zero-order chi connectivity index (χ0) is 8.43. The third kappa shape index (κ3) is 1.70. The monoisotopic (exact) mass is 152 g/mol. The van der Waals surface area contributed by atoms with Gasteiger partial charge in [0.2, 0.25) is 0 Å². The molecule has 0 N–H and O–H groups in total. The number of rotatable bonds is 1. The van der Waals surface area contributed by atoms with Crippen LogP contribution in [0.4, 0.5) is 10.1 Å². The van der Waals surface area contributed by atoms with Crippen LogP contribution in [0, 0.1) is 12.7 Å². The Balaban J connectivity index is 3.05. The van der Waals surface area contributed by atoms with E-state index in [0.717, 1.165) is 5.69 Å². The molecule has 1 radical (unpaired) electrons. The van der Waals surface area contributed by atoms with Gasteiger partial charge in [-0.1, -0.05) is 6.07 Å². The van der Waals surface area contributed by atoms with Crippen molar-refractivity contribution in [2.24, 2.45) is 0 Å². The summed E-state index contributed by atoms with van der Waals surface area (Å²) < 4.78 is 12.9. The summed E-state index contributed by atoms with van der Waals surface area (Å²) in [4.78, 5) is 1.85. The van der Waals surface area contributed by atoms with Gasteiger partial charge in [0.25, 0.3) is 0 Å². The highest BCUT2D eigenvalue weighted by Gasteiger charge is 1.99. The standard InChI is InChI=1S/C9H11FN/c1-7-4-5-8(11(2)3)6-9(7)10/h4-6H,1H2,2-3H3. The van der Waals surface area contributed by atoms with Crippen molar-refractivity contribution in [3.8, 4) is 0 Å². The molecule has 0 aliphatic carbocycles. The molecule has 0 heterocycles. The van der Waals surface area contributed by atoms with Gasteiger partial charge in [0.05, 0.1) is 0 Å². The van der Waals surface area contributed by atoms with Crippen molar-refractivity contribution in [2.75, 3.05) is 19.0 Å². The predicted octanol–water partition coefficient (Wildman–Crippen LogP) is 2.07. The van der Waals surface area contributed by atoms with Crippen molar-refractivity contribution in [3.63, 3.8) is 0 Å². The topological polar surface area (TPSA) is 3.24 Å². The molecule has 1 aromatic rings. The van der Waals surface area contributed by atoms with Crippen molar-refractivity contribution in [1.82, 2.24) is 0 Å². The molecule has 0 amide bonds. The highest BCUT2D eigenvalue weighted by Crippen LogP contribution is 2.15. The van der Waals surface area contributed by atoms with Gasteiger partial charge in [-0.05, 0) is 24.6 Å². The van der Waals surface area contributed by atoms with Crippen molar-refractivity contribution in [2.45, 2.75) is 0 Å². The molecule has 11 heavy (non-hydrogen) atoms. The van der Waals surface area contributed by atoms with Crippen LogP contribution in [0.15, 0.2) is 18.2 Å². The van der Waals surface area contributed by atoms with E-state index in [1.165, 1.54) is 6.07 Å². The van der Waals surface area contributed by atoms with Gasteiger partial charge in [-0.15, -0.1) is 0 Å². The van der Waals surface area contributed by atoms with E-state index in [0.29, 0.717) is 5.56 Å². The molecule has 0 atom stereocenters. The summed E-state index contributed by atoms with van der Waals surface area (Å²) >= 11 is 0. The average molecular weight is 152 g/mol. The van der Waals surface area contributed by atoms with Gasteiger partial charge in [-0.25, -0.2) is 4.39 Å². The number of benzene rings is 1. The van der Waals surface area contributed by atoms with Crippen molar-refractivity contribution in [1.29, 1.82) is 0 Å². The predicted molar refractivity (Wildman–Crippen MR) is 45.2 cm³/mol. The fourth-order valence-electron chi connectivity index (χ4n) is 0.814. The lowest BCUT2D eigenvalue weighted by atomic mass is 10.2. The van der Waals surface area contributed by atoms with Gasteiger partial charge in [-0.3, -0.25) is 0 Å². The molecule has 0 saturated heterocycles. The van der Waals surface area contributed by atoms with Crippen LogP contribution in [0.3, 0.4) is 0 Å². The fourth-order valence-corrected chi connectivity index (χ4v) is 0.814. The molecule has 0 spiro atoms. The molecule has 1 aromatic carbocycles. The minimum Gasteiger partial charge on any atom is -0.378 e. The second-order valence-electron chi connectivity index (χ2n) is 2.67. The smallest absolute Gasteiger partial charge is 0.128 e. The minimum absolute atomic E-state index is 0.254. The van der Waals surface area contributed by atoms with E-state index in [-0.39, 0.29) is 5.82 Å². The molecule has 1 nitrogen and oxygen atoms in total. The third-order valence-corrected chi connectivity index (χ3v) is 1.55. The van der Waals surface area contributed by atoms with Crippen LogP contribution < -0.4 is 4.90 Å². The molecule has 0 unspecified atom stereocenters. The van der Waals surface area contributed by atoms with Crippen LogP contribution in [0.2, 0.25) is 0 Å². The fraction of sp³-hybridized carbons (Fsp3) is 0.222.